The van der Waals surface area contributed by atoms with Gasteiger partial charge in [0.1, 0.15) is 6.54 Å². The van der Waals surface area contributed by atoms with Crippen molar-refractivity contribution in [2.75, 3.05) is 11.1 Å². The summed E-state index contributed by atoms with van der Waals surface area (Å²) in [5, 5.41) is 2.77. The molecule has 0 aliphatic carbocycles. The number of hydrogen-bond donors (Lipinski definition) is 2. The molecule has 20 heavy (non-hydrogen) atoms. The third-order valence-corrected chi connectivity index (χ3v) is 3.36. The molecule has 0 spiro atoms. The number of rotatable bonds is 3. The van der Waals surface area contributed by atoms with Gasteiger partial charge in [-0.2, -0.15) is 0 Å². The fourth-order valence-electron chi connectivity index (χ4n) is 1.80. The van der Waals surface area contributed by atoms with Crippen LogP contribution in [0.5, 0.6) is 0 Å². The Hall–Kier alpha value is -2.08. The van der Waals surface area contributed by atoms with E-state index in [-0.39, 0.29) is 18.0 Å². The number of nitrogen functional groups attached to an aromatic ring is 1. The quantitative estimate of drug-likeness (QED) is 0.902. The summed E-state index contributed by atoms with van der Waals surface area (Å²) in [6.45, 7) is 1.82. The van der Waals surface area contributed by atoms with Crippen LogP contribution in [0.15, 0.2) is 45.8 Å². The van der Waals surface area contributed by atoms with Crippen molar-refractivity contribution in [3.8, 4) is 0 Å². The number of aromatic nitrogens is 1. The van der Waals surface area contributed by atoms with Crippen LogP contribution in [0.3, 0.4) is 0 Å². The monoisotopic (exact) mass is 335 g/mol. The van der Waals surface area contributed by atoms with E-state index < -0.39 is 0 Å². The average molecular weight is 336 g/mol. The highest BCUT2D eigenvalue weighted by molar-refractivity contribution is 9.10. The van der Waals surface area contributed by atoms with Crippen molar-refractivity contribution in [1.29, 1.82) is 0 Å². The van der Waals surface area contributed by atoms with Crippen molar-refractivity contribution in [3.05, 3.63) is 56.9 Å². The Morgan fingerprint density at radius 2 is 2.10 bits per heavy atom. The van der Waals surface area contributed by atoms with Gasteiger partial charge in [-0.25, -0.2) is 0 Å². The number of para-hydroxylation sites is 1. The largest absolute Gasteiger partial charge is 0.398 e. The summed E-state index contributed by atoms with van der Waals surface area (Å²) in [7, 11) is 0. The number of nitrogens with zero attached hydrogens (tertiary/aromatic N) is 1. The van der Waals surface area contributed by atoms with Gasteiger partial charge in [0.2, 0.25) is 5.91 Å². The highest BCUT2D eigenvalue weighted by Crippen LogP contribution is 2.13. The number of benzene rings is 1. The van der Waals surface area contributed by atoms with E-state index >= 15 is 0 Å². The summed E-state index contributed by atoms with van der Waals surface area (Å²) < 4.78 is 1.61. The summed E-state index contributed by atoms with van der Waals surface area (Å²) in [5.74, 6) is -0.279. The first-order chi connectivity index (χ1) is 9.47. The summed E-state index contributed by atoms with van der Waals surface area (Å²) in [5.41, 5.74) is 7.47. The molecule has 0 saturated heterocycles. The van der Waals surface area contributed by atoms with Crippen molar-refractivity contribution < 1.29 is 4.79 Å². The third-order valence-electron chi connectivity index (χ3n) is 2.80. The van der Waals surface area contributed by atoms with Crippen LogP contribution in [0.1, 0.15) is 5.56 Å². The molecule has 0 unspecified atom stereocenters. The lowest BCUT2D eigenvalue weighted by atomic mass is 10.2. The predicted octanol–water partition coefficient (Wildman–Crippen LogP) is 2.14. The molecule has 0 aliphatic heterocycles. The second-order valence-corrected chi connectivity index (χ2v) is 5.27. The lowest BCUT2D eigenvalue weighted by Crippen LogP contribution is -2.28. The Morgan fingerprint density at radius 3 is 2.80 bits per heavy atom. The molecule has 0 radical (unpaired) electrons. The highest BCUT2D eigenvalue weighted by atomic mass is 79.9. The number of amides is 1. The van der Waals surface area contributed by atoms with Crippen LogP contribution in [0, 0.1) is 6.92 Å². The second kappa shape index (κ2) is 5.92. The van der Waals surface area contributed by atoms with E-state index in [0.717, 1.165) is 11.3 Å². The maximum atomic E-state index is 12.0. The fraction of sp³-hybridized carbons (Fsp3) is 0.143. The number of hydrogen-bond acceptors (Lipinski definition) is 3. The van der Waals surface area contributed by atoms with Gasteiger partial charge in [-0.1, -0.05) is 18.2 Å². The number of carbonyl (C=O) groups is 1. The minimum Gasteiger partial charge on any atom is -0.398 e. The van der Waals surface area contributed by atoms with Gasteiger partial charge in [0.15, 0.2) is 0 Å². The molecule has 6 heteroatoms. The number of pyridine rings is 1. The molecule has 0 aliphatic rings. The van der Waals surface area contributed by atoms with Crippen molar-refractivity contribution in [2.24, 2.45) is 0 Å². The van der Waals surface area contributed by atoms with Crippen LogP contribution >= 0.6 is 15.9 Å². The summed E-state index contributed by atoms with van der Waals surface area (Å²) in [4.78, 5) is 23.8. The van der Waals surface area contributed by atoms with E-state index in [1.807, 2.05) is 31.2 Å². The third kappa shape index (κ3) is 3.27. The number of halogens is 1. The van der Waals surface area contributed by atoms with E-state index in [1.165, 1.54) is 16.8 Å². The molecule has 104 valence electrons. The lowest BCUT2D eigenvalue weighted by Gasteiger charge is -2.10. The van der Waals surface area contributed by atoms with Gasteiger partial charge in [0, 0.05) is 17.6 Å². The zero-order valence-corrected chi connectivity index (χ0v) is 12.5. The Balaban J connectivity index is 2.17. The topological polar surface area (TPSA) is 77.1 Å². The molecular formula is C14H14BrN3O2. The lowest BCUT2D eigenvalue weighted by molar-refractivity contribution is -0.116. The van der Waals surface area contributed by atoms with Crippen molar-refractivity contribution >= 4 is 33.2 Å². The molecular weight excluding hydrogens is 322 g/mol. The van der Waals surface area contributed by atoms with E-state index in [0.29, 0.717) is 10.2 Å². The molecule has 1 heterocycles. The number of anilines is 2. The molecule has 1 aromatic carbocycles. The Kier molecular flexibility index (Phi) is 4.24. The Labute approximate surface area is 124 Å². The maximum Gasteiger partial charge on any atom is 0.265 e. The van der Waals surface area contributed by atoms with Crippen LogP contribution in [0.4, 0.5) is 11.4 Å². The minimum absolute atomic E-state index is 0.0865. The first-order valence-electron chi connectivity index (χ1n) is 5.98. The van der Waals surface area contributed by atoms with E-state index in [2.05, 4.69) is 21.2 Å². The smallest absolute Gasteiger partial charge is 0.265 e. The predicted molar refractivity (Wildman–Crippen MR) is 82.6 cm³/mol. The molecule has 2 rings (SSSR count). The Morgan fingerprint density at radius 1 is 1.40 bits per heavy atom. The van der Waals surface area contributed by atoms with Gasteiger partial charge in [-0.05, 0) is 40.5 Å². The Bertz CT molecular complexity index is 710. The molecule has 5 nitrogen and oxygen atoms in total. The van der Waals surface area contributed by atoms with Gasteiger partial charge < -0.3 is 15.6 Å². The number of nitrogens with one attached hydrogen (secondary N) is 1. The zero-order valence-electron chi connectivity index (χ0n) is 10.9. The van der Waals surface area contributed by atoms with E-state index in [4.69, 9.17) is 5.73 Å². The van der Waals surface area contributed by atoms with Crippen LogP contribution in [0.2, 0.25) is 0 Å². The van der Waals surface area contributed by atoms with Gasteiger partial charge in [0.25, 0.3) is 5.56 Å². The molecule has 0 atom stereocenters. The van der Waals surface area contributed by atoms with Crippen LogP contribution in [-0.4, -0.2) is 10.5 Å². The maximum absolute atomic E-state index is 12.0. The second-order valence-electron chi connectivity index (χ2n) is 4.42. The summed E-state index contributed by atoms with van der Waals surface area (Å²) in [6, 6.07) is 8.96. The van der Waals surface area contributed by atoms with Gasteiger partial charge in [-0.3, -0.25) is 9.59 Å². The molecule has 2 aromatic rings. The van der Waals surface area contributed by atoms with Gasteiger partial charge in [-0.15, -0.1) is 0 Å². The molecule has 1 amide bonds. The number of nitrogens with two attached hydrogens (primary N) is 1. The standard InChI is InChI=1S/C14H14BrN3O2/c1-9-4-2-3-5-12(9)17-13(19)8-18-7-10(16)6-11(15)14(18)20/h2-7H,8,16H2,1H3,(H,17,19). The number of carbonyl (C=O) groups excluding carboxylic acids is 1. The molecule has 0 bridgehead atoms. The van der Waals surface area contributed by atoms with Crippen LogP contribution in [0.25, 0.3) is 0 Å². The van der Waals surface area contributed by atoms with Crippen LogP contribution in [-0.2, 0) is 11.3 Å². The van der Waals surface area contributed by atoms with Crippen LogP contribution < -0.4 is 16.6 Å². The molecule has 1 aromatic heterocycles. The molecule has 3 N–H and O–H groups in total. The van der Waals surface area contributed by atoms with E-state index in [1.54, 1.807) is 0 Å². The SMILES string of the molecule is Cc1ccccc1NC(=O)Cn1cc(N)cc(Br)c1=O. The van der Waals surface area contributed by atoms with Crippen molar-refractivity contribution in [3.63, 3.8) is 0 Å². The summed E-state index contributed by atoms with van der Waals surface area (Å²) in [6.07, 6.45) is 1.45. The molecule has 0 saturated carbocycles. The summed E-state index contributed by atoms with van der Waals surface area (Å²) >= 11 is 3.12. The first kappa shape index (κ1) is 14.3. The zero-order chi connectivity index (χ0) is 14.7. The first-order valence-corrected chi connectivity index (χ1v) is 6.77. The molecule has 0 fully saturated rings. The average Bonchev–Trinajstić information content (AvgIpc) is 2.38. The van der Waals surface area contributed by atoms with Gasteiger partial charge >= 0.3 is 0 Å². The fourth-order valence-corrected chi connectivity index (χ4v) is 2.29. The minimum atomic E-state index is -0.292. The van der Waals surface area contributed by atoms with Crippen molar-refractivity contribution in [1.82, 2.24) is 4.57 Å². The van der Waals surface area contributed by atoms with E-state index in [9.17, 15) is 9.59 Å². The normalized spacial score (nSPS) is 10.3. The van der Waals surface area contributed by atoms with Crippen molar-refractivity contribution in [2.45, 2.75) is 13.5 Å². The highest BCUT2D eigenvalue weighted by Gasteiger charge is 2.09. The van der Waals surface area contributed by atoms with Gasteiger partial charge in [0.05, 0.1) is 4.47 Å². The number of aryl methyl sites for hydroxylation is 1.